The second-order valence-corrected chi connectivity index (χ2v) is 5.46. The van der Waals surface area contributed by atoms with Gasteiger partial charge in [0, 0.05) is 0 Å². The molecule has 0 radical (unpaired) electrons. The Balaban J connectivity index is 3.57. The molecule has 0 spiro atoms. The highest BCUT2D eigenvalue weighted by Crippen LogP contribution is 2.21. The number of aliphatic hydroxyl groups is 2. The molecule has 0 fully saturated rings. The molecule has 0 amide bonds. The van der Waals surface area contributed by atoms with Crippen LogP contribution in [0.5, 0.6) is 0 Å². The maximum atomic E-state index is 9.53. The van der Waals surface area contributed by atoms with Crippen LogP contribution in [0.4, 0.5) is 0 Å². The summed E-state index contributed by atoms with van der Waals surface area (Å²) in [4.78, 5) is 0. The van der Waals surface area contributed by atoms with E-state index in [1.807, 2.05) is 13.8 Å². The summed E-state index contributed by atoms with van der Waals surface area (Å²) < 4.78 is 0. The summed E-state index contributed by atoms with van der Waals surface area (Å²) in [5.74, 6) is 0.933. The van der Waals surface area contributed by atoms with Gasteiger partial charge in [0.1, 0.15) is 0 Å². The SMILES string of the molecule is CCC(CCCCCC(CC)C(C)O)C(C)O. The normalized spacial score (nSPS) is 18.7. The topological polar surface area (TPSA) is 40.5 Å². The van der Waals surface area contributed by atoms with Crippen LogP contribution < -0.4 is 0 Å². The first-order valence-corrected chi connectivity index (χ1v) is 7.38. The molecule has 0 aromatic carbocycles. The van der Waals surface area contributed by atoms with Crippen LogP contribution >= 0.6 is 0 Å². The van der Waals surface area contributed by atoms with Crippen molar-refractivity contribution in [2.24, 2.45) is 11.8 Å². The van der Waals surface area contributed by atoms with Crippen molar-refractivity contribution >= 4 is 0 Å². The lowest BCUT2D eigenvalue weighted by molar-refractivity contribution is 0.111. The molecule has 0 rings (SSSR count). The van der Waals surface area contributed by atoms with Gasteiger partial charge in [0.25, 0.3) is 0 Å². The number of aliphatic hydroxyl groups excluding tert-OH is 2. The van der Waals surface area contributed by atoms with E-state index in [0.29, 0.717) is 11.8 Å². The lowest BCUT2D eigenvalue weighted by Crippen LogP contribution is -2.16. The van der Waals surface area contributed by atoms with E-state index in [1.54, 1.807) is 0 Å². The molecule has 104 valence electrons. The summed E-state index contributed by atoms with van der Waals surface area (Å²) >= 11 is 0. The van der Waals surface area contributed by atoms with Gasteiger partial charge >= 0.3 is 0 Å². The van der Waals surface area contributed by atoms with E-state index in [-0.39, 0.29) is 12.2 Å². The van der Waals surface area contributed by atoms with Gasteiger partial charge in [-0.05, 0) is 38.5 Å². The van der Waals surface area contributed by atoms with E-state index in [9.17, 15) is 10.2 Å². The molecule has 4 atom stereocenters. The molecule has 2 heteroatoms. The largest absolute Gasteiger partial charge is 0.393 e. The first-order valence-electron chi connectivity index (χ1n) is 7.38. The van der Waals surface area contributed by atoms with Crippen LogP contribution in [-0.4, -0.2) is 22.4 Å². The molecule has 2 N–H and O–H groups in total. The Labute approximate surface area is 107 Å². The number of unbranched alkanes of at least 4 members (excludes halogenated alkanes) is 2. The zero-order chi connectivity index (χ0) is 13.3. The standard InChI is InChI=1S/C15H32O2/c1-5-14(12(3)16)10-8-7-9-11-15(6-2)13(4)17/h12-17H,5-11H2,1-4H3. The molecule has 0 bridgehead atoms. The summed E-state index contributed by atoms with van der Waals surface area (Å²) in [5, 5.41) is 19.1. The quantitative estimate of drug-likeness (QED) is 0.575. The van der Waals surface area contributed by atoms with Gasteiger partial charge in [-0.15, -0.1) is 0 Å². The van der Waals surface area contributed by atoms with Gasteiger partial charge in [-0.25, -0.2) is 0 Å². The Kier molecular flexibility index (Phi) is 9.85. The molecule has 0 aromatic heterocycles. The van der Waals surface area contributed by atoms with Gasteiger partial charge in [-0.3, -0.25) is 0 Å². The average molecular weight is 244 g/mol. The molecule has 0 aromatic rings. The first-order chi connectivity index (χ1) is 8.02. The van der Waals surface area contributed by atoms with Crippen LogP contribution in [0, 0.1) is 11.8 Å². The molecule has 0 aliphatic carbocycles. The Bertz CT molecular complexity index is 148. The molecular weight excluding hydrogens is 212 g/mol. The van der Waals surface area contributed by atoms with E-state index in [0.717, 1.165) is 25.7 Å². The summed E-state index contributed by atoms with van der Waals surface area (Å²) in [5.41, 5.74) is 0. The zero-order valence-electron chi connectivity index (χ0n) is 12.2. The molecule has 0 saturated carbocycles. The third-order valence-electron chi connectivity index (χ3n) is 4.06. The summed E-state index contributed by atoms with van der Waals surface area (Å²) in [7, 11) is 0. The van der Waals surface area contributed by atoms with Crippen LogP contribution in [0.15, 0.2) is 0 Å². The summed E-state index contributed by atoms with van der Waals surface area (Å²) in [6.07, 6.45) is 7.73. The monoisotopic (exact) mass is 244 g/mol. The van der Waals surface area contributed by atoms with Crippen LogP contribution in [0.25, 0.3) is 0 Å². The molecule has 2 nitrogen and oxygen atoms in total. The number of hydrogen-bond acceptors (Lipinski definition) is 2. The van der Waals surface area contributed by atoms with E-state index in [2.05, 4.69) is 13.8 Å². The van der Waals surface area contributed by atoms with Crippen molar-refractivity contribution in [3.63, 3.8) is 0 Å². The Hall–Kier alpha value is -0.0800. The van der Waals surface area contributed by atoms with Gasteiger partial charge < -0.3 is 10.2 Å². The van der Waals surface area contributed by atoms with E-state index in [4.69, 9.17) is 0 Å². The van der Waals surface area contributed by atoms with E-state index in [1.165, 1.54) is 19.3 Å². The molecule has 0 aliphatic heterocycles. The van der Waals surface area contributed by atoms with Crippen molar-refractivity contribution < 1.29 is 10.2 Å². The first kappa shape index (κ1) is 16.9. The summed E-state index contributed by atoms with van der Waals surface area (Å²) in [6.45, 7) is 8.10. The third kappa shape index (κ3) is 7.77. The smallest absolute Gasteiger partial charge is 0.0540 e. The fraction of sp³-hybridized carbons (Fsp3) is 1.00. The van der Waals surface area contributed by atoms with Crippen molar-refractivity contribution in [2.75, 3.05) is 0 Å². The second-order valence-electron chi connectivity index (χ2n) is 5.46. The second kappa shape index (κ2) is 9.90. The fourth-order valence-corrected chi connectivity index (χ4v) is 2.56. The minimum Gasteiger partial charge on any atom is -0.393 e. The maximum Gasteiger partial charge on any atom is 0.0540 e. The molecule has 17 heavy (non-hydrogen) atoms. The number of rotatable bonds is 10. The lowest BCUT2D eigenvalue weighted by Gasteiger charge is -2.19. The minimum absolute atomic E-state index is 0.166. The molecule has 0 aliphatic rings. The predicted octanol–water partition coefficient (Wildman–Crippen LogP) is 3.75. The van der Waals surface area contributed by atoms with Gasteiger partial charge in [0.2, 0.25) is 0 Å². The van der Waals surface area contributed by atoms with Crippen LogP contribution in [-0.2, 0) is 0 Å². The molecular formula is C15H32O2. The molecule has 0 saturated heterocycles. The zero-order valence-corrected chi connectivity index (χ0v) is 12.2. The fourth-order valence-electron chi connectivity index (χ4n) is 2.56. The van der Waals surface area contributed by atoms with Gasteiger partial charge in [0.05, 0.1) is 12.2 Å². The minimum atomic E-state index is -0.166. The highest BCUT2D eigenvalue weighted by molar-refractivity contribution is 4.65. The van der Waals surface area contributed by atoms with Crippen molar-refractivity contribution in [1.82, 2.24) is 0 Å². The van der Waals surface area contributed by atoms with Crippen molar-refractivity contribution in [1.29, 1.82) is 0 Å². The Morgan fingerprint density at radius 1 is 0.706 bits per heavy atom. The van der Waals surface area contributed by atoms with E-state index < -0.39 is 0 Å². The van der Waals surface area contributed by atoms with Crippen molar-refractivity contribution in [2.45, 2.75) is 84.8 Å². The highest BCUT2D eigenvalue weighted by Gasteiger charge is 2.13. The number of hydrogen-bond donors (Lipinski definition) is 2. The highest BCUT2D eigenvalue weighted by atomic mass is 16.3. The summed E-state index contributed by atoms with van der Waals surface area (Å²) in [6, 6.07) is 0. The van der Waals surface area contributed by atoms with Gasteiger partial charge in [0.15, 0.2) is 0 Å². The van der Waals surface area contributed by atoms with Gasteiger partial charge in [-0.1, -0.05) is 46.0 Å². The predicted molar refractivity (Wildman–Crippen MR) is 74.0 cm³/mol. The maximum absolute atomic E-state index is 9.53. The molecule has 4 unspecified atom stereocenters. The van der Waals surface area contributed by atoms with Crippen LogP contribution in [0.1, 0.15) is 72.6 Å². The Morgan fingerprint density at radius 3 is 1.29 bits per heavy atom. The molecule has 0 heterocycles. The van der Waals surface area contributed by atoms with Crippen molar-refractivity contribution in [3.05, 3.63) is 0 Å². The lowest BCUT2D eigenvalue weighted by atomic mass is 9.91. The average Bonchev–Trinajstić information content (AvgIpc) is 2.27. The third-order valence-corrected chi connectivity index (χ3v) is 4.06. The van der Waals surface area contributed by atoms with Crippen molar-refractivity contribution in [3.8, 4) is 0 Å². The van der Waals surface area contributed by atoms with E-state index >= 15 is 0 Å². The van der Waals surface area contributed by atoms with Crippen LogP contribution in [0.3, 0.4) is 0 Å². The van der Waals surface area contributed by atoms with Crippen LogP contribution in [0.2, 0.25) is 0 Å². The van der Waals surface area contributed by atoms with Gasteiger partial charge in [-0.2, -0.15) is 0 Å². The Morgan fingerprint density at radius 2 is 1.06 bits per heavy atom.